The summed E-state index contributed by atoms with van der Waals surface area (Å²) in [5, 5.41) is 0. The van der Waals surface area contributed by atoms with Gasteiger partial charge in [-0.05, 0) is 42.5 Å². The Morgan fingerprint density at radius 2 is 1.09 bits per heavy atom. The van der Waals surface area contributed by atoms with E-state index < -0.39 is 0 Å². The quantitative estimate of drug-likeness (QED) is 0.254. The molecule has 2 fully saturated rings. The summed E-state index contributed by atoms with van der Waals surface area (Å²) in [4.78, 5) is 0. The first-order chi connectivity index (χ1) is 16.7. The van der Waals surface area contributed by atoms with Crippen molar-refractivity contribution < 1.29 is 4.74 Å². The van der Waals surface area contributed by atoms with Gasteiger partial charge >= 0.3 is 0 Å². The molecule has 3 aromatic rings. The molecule has 2 heterocycles. The molecule has 2 saturated heterocycles. The number of nitrogens with zero attached hydrogens (tertiary/aromatic N) is 2. The van der Waals surface area contributed by atoms with E-state index in [4.69, 9.17) is 4.74 Å². The molecule has 0 N–H and O–H groups in total. The molecule has 2 aliphatic heterocycles. The average molecular weight is 455 g/mol. The first kappa shape index (κ1) is 22.9. The highest BCUT2D eigenvalue weighted by atomic mass is 16.5. The number of rotatable bonds is 9. The molecule has 34 heavy (non-hydrogen) atoms. The SMILES string of the molecule is C=CCOc1cc(C[N+]2(c3ccccc3)CCCC2)cc(C[N+]2(c3ccccc3)CCCC2)c1. The van der Waals surface area contributed by atoms with Gasteiger partial charge in [-0.15, -0.1) is 0 Å². The highest BCUT2D eigenvalue weighted by Crippen LogP contribution is 2.35. The molecule has 0 aliphatic carbocycles. The van der Waals surface area contributed by atoms with Crippen LogP contribution in [-0.4, -0.2) is 32.8 Å². The molecule has 0 amide bonds. The Kier molecular flexibility index (Phi) is 6.85. The van der Waals surface area contributed by atoms with Gasteiger partial charge in [0.15, 0.2) is 0 Å². The summed E-state index contributed by atoms with van der Waals surface area (Å²) in [6.07, 6.45) is 7.01. The number of likely N-dealkylation sites (tertiary alicyclic amines) is 2. The molecule has 0 atom stereocenters. The van der Waals surface area contributed by atoms with E-state index in [1.165, 1.54) is 74.4 Å². The van der Waals surface area contributed by atoms with Crippen LogP contribution in [0.2, 0.25) is 0 Å². The van der Waals surface area contributed by atoms with Crippen LogP contribution in [0.25, 0.3) is 0 Å². The molecule has 5 rings (SSSR count). The highest BCUT2D eigenvalue weighted by molar-refractivity contribution is 5.47. The van der Waals surface area contributed by atoms with Gasteiger partial charge in [0.25, 0.3) is 0 Å². The minimum atomic E-state index is 0.542. The van der Waals surface area contributed by atoms with Crippen LogP contribution in [0.4, 0.5) is 11.4 Å². The molecule has 0 aromatic heterocycles. The zero-order valence-corrected chi connectivity index (χ0v) is 20.4. The van der Waals surface area contributed by atoms with E-state index in [1.807, 2.05) is 6.08 Å². The third kappa shape index (κ3) is 4.82. The standard InChI is InChI=1S/C31H38N2O/c1-2-21-34-31-23-27(25-32(17-9-10-18-32)29-13-5-3-6-14-29)22-28(24-31)26-33(19-11-12-20-33)30-15-7-4-8-16-30/h2-8,13-16,22-24H,1,9-12,17-21,25-26H2/q+2. The molecule has 3 heteroatoms. The van der Waals surface area contributed by atoms with Crippen LogP contribution in [0.3, 0.4) is 0 Å². The molecule has 3 aromatic carbocycles. The van der Waals surface area contributed by atoms with Gasteiger partial charge in [-0.25, -0.2) is 0 Å². The smallest absolute Gasteiger partial charge is 0.133 e. The molecular formula is C31H38N2O+2. The average Bonchev–Trinajstić information content (AvgIpc) is 3.55. The number of benzene rings is 3. The Morgan fingerprint density at radius 3 is 1.50 bits per heavy atom. The van der Waals surface area contributed by atoms with Crippen molar-refractivity contribution in [3.05, 3.63) is 103 Å². The van der Waals surface area contributed by atoms with E-state index in [1.54, 1.807) is 0 Å². The van der Waals surface area contributed by atoms with E-state index in [-0.39, 0.29) is 0 Å². The summed E-state index contributed by atoms with van der Waals surface area (Å²) >= 11 is 0. The topological polar surface area (TPSA) is 9.23 Å². The minimum absolute atomic E-state index is 0.542. The lowest BCUT2D eigenvalue weighted by Gasteiger charge is -2.35. The minimum Gasteiger partial charge on any atom is -0.490 e. The summed E-state index contributed by atoms with van der Waals surface area (Å²) in [6.45, 7) is 11.3. The Labute approximate surface area is 205 Å². The van der Waals surface area contributed by atoms with Gasteiger partial charge in [0, 0.05) is 36.8 Å². The van der Waals surface area contributed by atoms with Crippen molar-refractivity contribution in [2.75, 3.05) is 32.8 Å². The van der Waals surface area contributed by atoms with Crippen molar-refractivity contribution in [1.29, 1.82) is 0 Å². The van der Waals surface area contributed by atoms with Crippen molar-refractivity contribution in [2.45, 2.75) is 38.8 Å². The van der Waals surface area contributed by atoms with E-state index in [9.17, 15) is 0 Å². The molecule has 0 unspecified atom stereocenters. The Balaban J connectivity index is 1.49. The third-order valence-corrected chi connectivity index (χ3v) is 7.82. The van der Waals surface area contributed by atoms with Crippen molar-refractivity contribution in [2.24, 2.45) is 0 Å². The van der Waals surface area contributed by atoms with Crippen LogP contribution in [0.1, 0.15) is 36.8 Å². The van der Waals surface area contributed by atoms with Crippen LogP contribution in [0.15, 0.2) is 91.5 Å². The Bertz CT molecular complexity index is 1000. The maximum absolute atomic E-state index is 6.11. The van der Waals surface area contributed by atoms with Gasteiger partial charge in [-0.1, -0.05) is 49.1 Å². The molecule has 0 spiro atoms. The Hall–Kier alpha value is -2.88. The van der Waals surface area contributed by atoms with E-state index in [0.29, 0.717) is 6.61 Å². The van der Waals surface area contributed by atoms with Crippen LogP contribution in [-0.2, 0) is 13.1 Å². The maximum atomic E-state index is 6.11. The monoisotopic (exact) mass is 454 g/mol. The summed E-state index contributed by atoms with van der Waals surface area (Å²) in [6, 6.07) is 29.2. The first-order valence-electron chi connectivity index (χ1n) is 12.9. The molecule has 0 saturated carbocycles. The van der Waals surface area contributed by atoms with Gasteiger partial charge in [-0.2, -0.15) is 0 Å². The zero-order valence-electron chi connectivity index (χ0n) is 20.4. The number of ether oxygens (including phenoxy) is 1. The summed E-state index contributed by atoms with van der Waals surface area (Å²) in [5.74, 6) is 0.975. The van der Waals surface area contributed by atoms with Crippen molar-refractivity contribution >= 4 is 11.4 Å². The second kappa shape index (κ2) is 10.2. The lowest BCUT2D eigenvalue weighted by molar-refractivity contribution is 0.316. The number of hydrogen-bond acceptors (Lipinski definition) is 1. The fraction of sp³-hybridized carbons (Fsp3) is 0.355. The van der Waals surface area contributed by atoms with Crippen molar-refractivity contribution in [3.8, 4) is 5.75 Å². The lowest BCUT2D eigenvalue weighted by Crippen LogP contribution is -2.46. The molecule has 2 aliphatic rings. The second-order valence-electron chi connectivity index (χ2n) is 10.2. The normalized spacial score (nSPS) is 18.6. The third-order valence-electron chi connectivity index (χ3n) is 7.82. The highest BCUT2D eigenvalue weighted by Gasteiger charge is 2.37. The molecule has 3 nitrogen and oxygen atoms in total. The molecule has 0 radical (unpaired) electrons. The number of quaternary nitrogens is 2. The fourth-order valence-electron chi connectivity index (χ4n) is 6.23. The predicted octanol–water partition coefficient (Wildman–Crippen LogP) is 6.85. The van der Waals surface area contributed by atoms with Crippen LogP contribution in [0, 0.1) is 0 Å². The van der Waals surface area contributed by atoms with E-state index >= 15 is 0 Å². The predicted molar refractivity (Wildman–Crippen MR) is 144 cm³/mol. The number of hydrogen-bond donors (Lipinski definition) is 0. The lowest BCUT2D eigenvalue weighted by atomic mass is 10.1. The molecular weight excluding hydrogens is 416 g/mol. The van der Waals surface area contributed by atoms with Crippen LogP contribution < -0.4 is 13.7 Å². The van der Waals surface area contributed by atoms with Crippen molar-refractivity contribution in [3.63, 3.8) is 0 Å². The summed E-state index contributed by atoms with van der Waals surface area (Å²) < 4.78 is 8.20. The van der Waals surface area contributed by atoms with Gasteiger partial charge in [0.05, 0.1) is 26.2 Å². The Morgan fingerprint density at radius 1 is 0.647 bits per heavy atom. The van der Waals surface area contributed by atoms with Gasteiger partial charge < -0.3 is 4.74 Å². The summed E-state index contributed by atoms with van der Waals surface area (Å²) in [5.41, 5.74) is 5.64. The first-order valence-corrected chi connectivity index (χ1v) is 12.9. The van der Waals surface area contributed by atoms with Gasteiger partial charge in [0.1, 0.15) is 36.8 Å². The van der Waals surface area contributed by atoms with Crippen molar-refractivity contribution in [1.82, 2.24) is 8.97 Å². The van der Waals surface area contributed by atoms with Crippen LogP contribution >= 0.6 is 0 Å². The van der Waals surface area contributed by atoms with Crippen LogP contribution in [0.5, 0.6) is 5.75 Å². The van der Waals surface area contributed by atoms with E-state index in [0.717, 1.165) is 27.8 Å². The second-order valence-corrected chi connectivity index (χ2v) is 10.2. The van der Waals surface area contributed by atoms with Gasteiger partial charge in [0.2, 0.25) is 0 Å². The molecule has 176 valence electrons. The summed E-state index contributed by atoms with van der Waals surface area (Å²) in [7, 11) is 0. The van der Waals surface area contributed by atoms with Gasteiger partial charge in [-0.3, -0.25) is 8.97 Å². The molecule has 0 bridgehead atoms. The number of para-hydroxylation sites is 2. The largest absolute Gasteiger partial charge is 0.490 e. The maximum Gasteiger partial charge on any atom is 0.133 e. The van der Waals surface area contributed by atoms with E-state index in [2.05, 4.69) is 85.4 Å². The zero-order chi connectivity index (χ0) is 23.3. The fourth-order valence-corrected chi connectivity index (χ4v) is 6.23.